The van der Waals surface area contributed by atoms with Crippen LogP contribution in [-0.4, -0.2) is 35.8 Å². The number of aliphatic hydroxyl groups excluding tert-OH is 1. The molecular formula is C11H16N2O3. The number of nitrogens with zero attached hydrogens (tertiary/aromatic N) is 1. The fraction of sp³-hybridized carbons (Fsp3) is 0.455. The molecule has 0 aliphatic carbocycles. The molecule has 0 aliphatic rings. The van der Waals surface area contributed by atoms with Gasteiger partial charge in [0.1, 0.15) is 0 Å². The predicted molar refractivity (Wildman–Crippen MR) is 59.4 cm³/mol. The standard InChI is InChI=1S/C11H16N2O3/c1-3-9(7-14)13-11(15)8-4-5-10(16-2)12-6-8/h4-6,9,14H,3,7H2,1-2H3,(H,13,15)/t9-/m0/s1. The van der Waals surface area contributed by atoms with Crippen LogP contribution in [0.4, 0.5) is 0 Å². The minimum atomic E-state index is -0.240. The molecule has 16 heavy (non-hydrogen) atoms. The van der Waals surface area contributed by atoms with E-state index < -0.39 is 0 Å². The molecule has 5 heteroatoms. The summed E-state index contributed by atoms with van der Waals surface area (Å²) in [5.74, 6) is 0.224. The Hall–Kier alpha value is -1.62. The van der Waals surface area contributed by atoms with Gasteiger partial charge in [0.05, 0.1) is 25.3 Å². The number of methoxy groups -OCH3 is 1. The summed E-state index contributed by atoms with van der Waals surface area (Å²) in [7, 11) is 1.51. The summed E-state index contributed by atoms with van der Waals surface area (Å²) in [6.45, 7) is 1.83. The van der Waals surface area contributed by atoms with Crippen molar-refractivity contribution in [1.82, 2.24) is 10.3 Å². The van der Waals surface area contributed by atoms with Crippen molar-refractivity contribution in [2.75, 3.05) is 13.7 Å². The van der Waals surface area contributed by atoms with E-state index in [1.807, 2.05) is 6.92 Å². The maximum Gasteiger partial charge on any atom is 0.253 e. The number of carbonyl (C=O) groups excluding carboxylic acids is 1. The molecule has 88 valence electrons. The molecule has 0 aliphatic heterocycles. The van der Waals surface area contributed by atoms with Gasteiger partial charge in [-0.3, -0.25) is 4.79 Å². The number of ether oxygens (including phenoxy) is 1. The number of nitrogens with one attached hydrogen (secondary N) is 1. The SMILES string of the molecule is CC[C@@H](CO)NC(=O)c1ccc(OC)nc1. The van der Waals surface area contributed by atoms with Gasteiger partial charge in [0, 0.05) is 12.3 Å². The monoisotopic (exact) mass is 224 g/mol. The third kappa shape index (κ3) is 3.20. The Bertz CT molecular complexity index is 334. The lowest BCUT2D eigenvalue weighted by Crippen LogP contribution is -2.36. The van der Waals surface area contributed by atoms with Gasteiger partial charge in [-0.1, -0.05) is 6.92 Å². The third-order valence-corrected chi connectivity index (χ3v) is 2.26. The van der Waals surface area contributed by atoms with Crippen LogP contribution in [0.1, 0.15) is 23.7 Å². The molecule has 0 aromatic carbocycles. The highest BCUT2D eigenvalue weighted by atomic mass is 16.5. The minimum Gasteiger partial charge on any atom is -0.481 e. The first-order chi connectivity index (χ1) is 7.71. The first-order valence-electron chi connectivity index (χ1n) is 5.13. The van der Waals surface area contributed by atoms with Crippen molar-refractivity contribution in [3.05, 3.63) is 23.9 Å². The minimum absolute atomic E-state index is 0.0637. The molecule has 1 aromatic rings. The van der Waals surface area contributed by atoms with Gasteiger partial charge in [-0.15, -0.1) is 0 Å². The molecule has 1 aromatic heterocycles. The van der Waals surface area contributed by atoms with Crippen molar-refractivity contribution < 1.29 is 14.6 Å². The van der Waals surface area contributed by atoms with Gasteiger partial charge in [-0.2, -0.15) is 0 Å². The average molecular weight is 224 g/mol. The highest BCUT2D eigenvalue weighted by Gasteiger charge is 2.11. The molecule has 1 heterocycles. The van der Waals surface area contributed by atoms with Crippen LogP contribution in [0.2, 0.25) is 0 Å². The first-order valence-corrected chi connectivity index (χ1v) is 5.13. The lowest BCUT2D eigenvalue weighted by atomic mass is 10.2. The lowest BCUT2D eigenvalue weighted by Gasteiger charge is -2.13. The first kappa shape index (κ1) is 12.4. The van der Waals surface area contributed by atoms with Crippen LogP contribution in [0.25, 0.3) is 0 Å². The largest absolute Gasteiger partial charge is 0.481 e. The Morgan fingerprint density at radius 3 is 2.81 bits per heavy atom. The van der Waals surface area contributed by atoms with Crippen LogP contribution < -0.4 is 10.1 Å². The number of hydrogen-bond acceptors (Lipinski definition) is 4. The van der Waals surface area contributed by atoms with Gasteiger partial charge in [0.25, 0.3) is 5.91 Å². The summed E-state index contributed by atoms with van der Waals surface area (Å²) < 4.78 is 4.89. The summed E-state index contributed by atoms with van der Waals surface area (Å²) in [5.41, 5.74) is 0.452. The van der Waals surface area contributed by atoms with E-state index in [-0.39, 0.29) is 18.6 Å². The zero-order valence-electron chi connectivity index (χ0n) is 9.43. The molecule has 0 saturated heterocycles. The molecule has 0 saturated carbocycles. The number of hydrogen-bond donors (Lipinski definition) is 2. The van der Waals surface area contributed by atoms with E-state index in [2.05, 4.69) is 10.3 Å². The van der Waals surface area contributed by atoms with E-state index in [1.54, 1.807) is 12.1 Å². The van der Waals surface area contributed by atoms with Crippen LogP contribution >= 0.6 is 0 Å². The number of amides is 1. The Morgan fingerprint density at radius 2 is 2.38 bits per heavy atom. The lowest BCUT2D eigenvalue weighted by molar-refractivity contribution is 0.0914. The Morgan fingerprint density at radius 1 is 1.62 bits per heavy atom. The van der Waals surface area contributed by atoms with Crippen molar-refractivity contribution in [3.8, 4) is 5.88 Å². The van der Waals surface area contributed by atoms with Gasteiger partial charge in [-0.05, 0) is 12.5 Å². The van der Waals surface area contributed by atoms with Gasteiger partial charge in [0.15, 0.2) is 0 Å². The van der Waals surface area contributed by atoms with E-state index in [0.29, 0.717) is 17.9 Å². The fourth-order valence-corrected chi connectivity index (χ4v) is 1.18. The van der Waals surface area contributed by atoms with Gasteiger partial charge in [0.2, 0.25) is 5.88 Å². The molecule has 1 amide bonds. The molecular weight excluding hydrogens is 208 g/mol. The smallest absolute Gasteiger partial charge is 0.253 e. The summed E-state index contributed by atoms with van der Waals surface area (Å²) in [4.78, 5) is 15.6. The van der Waals surface area contributed by atoms with E-state index in [0.717, 1.165) is 0 Å². The summed E-state index contributed by atoms with van der Waals surface area (Å²) >= 11 is 0. The normalized spacial score (nSPS) is 11.9. The van der Waals surface area contributed by atoms with Crippen LogP contribution in [0.5, 0.6) is 5.88 Å². The Balaban J connectivity index is 2.65. The number of rotatable bonds is 5. The van der Waals surface area contributed by atoms with Crippen molar-refractivity contribution >= 4 is 5.91 Å². The summed E-state index contributed by atoms with van der Waals surface area (Å²) in [5, 5.41) is 11.7. The summed E-state index contributed by atoms with van der Waals surface area (Å²) in [6, 6.07) is 3.04. The second-order valence-corrected chi connectivity index (χ2v) is 3.35. The van der Waals surface area contributed by atoms with Crippen LogP contribution in [0.15, 0.2) is 18.3 Å². The van der Waals surface area contributed by atoms with Crippen molar-refractivity contribution in [2.45, 2.75) is 19.4 Å². The molecule has 0 fully saturated rings. The molecule has 0 spiro atoms. The summed E-state index contributed by atoms with van der Waals surface area (Å²) in [6.07, 6.45) is 2.13. The van der Waals surface area contributed by atoms with E-state index >= 15 is 0 Å². The molecule has 5 nitrogen and oxygen atoms in total. The number of carbonyl (C=O) groups is 1. The van der Waals surface area contributed by atoms with Crippen molar-refractivity contribution in [1.29, 1.82) is 0 Å². The fourth-order valence-electron chi connectivity index (χ4n) is 1.18. The number of aliphatic hydroxyl groups is 1. The van der Waals surface area contributed by atoms with Crippen LogP contribution in [-0.2, 0) is 0 Å². The number of aromatic nitrogens is 1. The van der Waals surface area contributed by atoms with Gasteiger partial charge in [-0.25, -0.2) is 4.98 Å². The maximum atomic E-state index is 11.7. The predicted octanol–water partition coefficient (Wildman–Crippen LogP) is 0.591. The molecule has 1 rings (SSSR count). The molecule has 0 radical (unpaired) electrons. The molecule has 2 N–H and O–H groups in total. The zero-order chi connectivity index (χ0) is 12.0. The van der Waals surface area contributed by atoms with Crippen molar-refractivity contribution in [2.24, 2.45) is 0 Å². The third-order valence-electron chi connectivity index (χ3n) is 2.26. The number of pyridine rings is 1. The van der Waals surface area contributed by atoms with Gasteiger partial charge < -0.3 is 15.2 Å². The van der Waals surface area contributed by atoms with Crippen molar-refractivity contribution in [3.63, 3.8) is 0 Å². The zero-order valence-corrected chi connectivity index (χ0v) is 9.43. The Kier molecular flexibility index (Phi) is 4.72. The van der Waals surface area contributed by atoms with Crippen LogP contribution in [0, 0.1) is 0 Å². The van der Waals surface area contributed by atoms with E-state index in [1.165, 1.54) is 13.3 Å². The topological polar surface area (TPSA) is 71.5 Å². The van der Waals surface area contributed by atoms with Crippen LogP contribution in [0.3, 0.4) is 0 Å². The van der Waals surface area contributed by atoms with Gasteiger partial charge >= 0.3 is 0 Å². The quantitative estimate of drug-likeness (QED) is 0.768. The Labute approximate surface area is 94.5 Å². The van der Waals surface area contributed by atoms with E-state index in [9.17, 15) is 4.79 Å². The second-order valence-electron chi connectivity index (χ2n) is 3.35. The second kappa shape index (κ2) is 6.07. The molecule has 1 atom stereocenters. The highest BCUT2D eigenvalue weighted by molar-refractivity contribution is 5.94. The van der Waals surface area contributed by atoms with E-state index in [4.69, 9.17) is 9.84 Å². The average Bonchev–Trinajstić information content (AvgIpc) is 2.35. The molecule has 0 unspecified atom stereocenters. The molecule has 0 bridgehead atoms. The maximum absolute atomic E-state index is 11.7. The highest BCUT2D eigenvalue weighted by Crippen LogP contribution is 2.06.